The smallest absolute Gasteiger partial charge is 0.201 e. The molecule has 31 heavy (non-hydrogen) atoms. The van der Waals surface area contributed by atoms with Crippen molar-refractivity contribution < 1.29 is 18.3 Å². The van der Waals surface area contributed by atoms with E-state index in [2.05, 4.69) is 27.0 Å². The minimum atomic E-state index is -0.909. The van der Waals surface area contributed by atoms with E-state index in [-0.39, 0.29) is 5.56 Å². The molecule has 2 N–H and O–H groups in total. The Kier molecular flexibility index (Phi) is 8.05. The predicted molar refractivity (Wildman–Crippen MR) is 121 cm³/mol. The van der Waals surface area contributed by atoms with E-state index in [4.69, 9.17) is 4.74 Å². The molecule has 2 heterocycles. The van der Waals surface area contributed by atoms with Crippen molar-refractivity contribution in [2.45, 2.75) is 0 Å². The molecular weight excluding hydrogens is 422 g/mol. The highest BCUT2D eigenvalue weighted by Crippen LogP contribution is 2.31. The van der Waals surface area contributed by atoms with Crippen LogP contribution in [0.5, 0.6) is 0 Å². The van der Waals surface area contributed by atoms with E-state index in [1.54, 1.807) is 18.5 Å². The Bertz CT molecular complexity index is 1090. The van der Waals surface area contributed by atoms with Crippen LogP contribution in [0.2, 0.25) is 0 Å². The minimum absolute atomic E-state index is 0.139. The molecule has 3 aromatic rings. The van der Waals surface area contributed by atoms with Gasteiger partial charge in [0, 0.05) is 52.3 Å². The lowest BCUT2D eigenvalue weighted by Crippen LogP contribution is -2.15. The van der Waals surface area contributed by atoms with E-state index < -0.39 is 23.0 Å². The summed E-state index contributed by atoms with van der Waals surface area (Å²) >= 11 is 1.51. The molecule has 0 saturated carbocycles. The fraction of sp³-hybridized carbons (Fsp3) is 0.227. The second-order valence-electron chi connectivity index (χ2n) is 6.49. The van der Waals surface area contributed by atoms with Crippen LogP contribution in [0.1, 0.15) is 21.5 Å². The molecule has 0 atom stereocenters. The van der Waals surface area contributed by atoms with E-state index in [0.29, 0.717) is 35.6 Å². The highest BCUT2D eigenvalue weighted by Gasteiger charge is 2.22. The van der Waals surface area contributed by atoms with Crippen LogP contribution < -0.4 is 5.32 Å². The first-order chi connectivity index (χ1) is 15.1. The number of ketones is 1. The number of pyridine rings is 1. The summed E-state index contributed by atoms with van der Waals surface area (Å²) in [7, 11) is 1.86. The van der Waals surface area contributed by atoms with Crippen molar-refractivity contribution in [2.24, 2.45) is 4.99 Å². The number of carbonyl (C=O) groups excluding carboxylic acids is 1. The number of hydrogen-bond donors (Lipinski definition) is 2. The zero-order valence-electron chi connectivity index (χ0n) is 17.0. The van der Waals surface area contributed by atoms with Crippen LogP contribution in [0.3, 0.4) is 0 Å². The van der Waals surface area contributed by atoms with E-state index in [1.165, 1.54) is 24.0 Å². The Morgan fingerprint density at radius 2 is 2.13 bits per heavy atom. The average molecular weight is 445 g/mol. The molecule has 0 unspecified atom stereocenters. The first-order valence-corrected chi connectivity index (χ1v) is 10.5. The molecule has 9 heteroatoms. The molecule has 0 bridgehead atoms. The molecular formula is C22H22F2N4O2S. The van der Waals surface area contributed by atoms with Crippen molar-refractivity contribution >= 4 is 40.2 Å². The van der Waals surface area contributed by atoms with Gasteiger partial charge in [0.1, 0.15) is 17.3 Å². The largest absolute Gasteiger partial charge is 0.379 e. The number of rotatable bonds is 11. The van der Waals surface area contributed by atoms with E-state index in [1.807, 2.05) is 7.05 Å². The Labute approximate surface area is 182 Å². The maximum atomic E-state index is 14.1. The molecule has 0 fully saturated rings. The molecule has 3 rings (SSSR count). The third-order valence-electron chi connectivity index (χ3n) is 4.44. The van der Waals surface area contributed by atoms with Gasteiger partial charge in [0.05, 0.1) is 18.8 Å². The summed E-state index contributed by atoms with van der Waals surface area (Å²) in [5.74, 6) is -1.89. The van der Waals surface area contributed by atoms with Gasteiger partial charge < -0.3 is 15.0 Å². The second kappa shape index (κ2) is 10.9. The summed E-state index contributed by atoms with van der Waals surface area (Å²) in [5, 5.41) is 3.47. The Hall–Kier alpha value is -2.88. The number of halogens is 2. The lowest BCUT2D eigenvalue weighted by Gasteiger charge is -2.08. The van der Waals surface area contributed by atoms with Crippen molar-refractivity contribution in [1.29, 1.82) is 0 Å². The van der Waals surface area contributed by atoms with Crippen molar-refractivity contribution in [1.82, 2.24) is 15.3 Å². The number of thioether (sulfide) groups is 1. The number of aliphatic imine (C=N–C) groups is 1. The normalized spacial score (nSPS) is 11.8. The molecule has 0 aliphatic heterocycles. The summed E-state index contributed by atoms with van der Waals surface area (Å²) in [6.07, 6.45) is 4.65. The van der Waals surface area contributed by atoms with Crippen molar-refractivity contribution in [2.75, 3.05) is 32.6 Å². The fourth-order valence-corrected chi connectivity index (χ4v) is 3.79. The number of hydrogen-bond acceptors (Lipinski definition) is 6. The lowest BCUT2D eigenvalue weighted by molar-refractivity contribution is 0.103. The molecule has 0 amide bonds. The number of aromatic nitrogens is 2. The first-order valence-electron chi connectivity index (χ1n) is 9.54. The predicted octanol–water partition coefficient (Wildman–Crippen LogP) is 4.04. The number of benzene rings is 1. The molecule has 1 aromatic carbocycles. The van der Waals surface area contributed by atoms with E-state index in [9.17, 15) is 13.6 Å². The maximum absolute atomic E-state index is 14.1. The monoisotopic (exact) mass is 444 g/mol. The summed E-state index contributed by atoms with van der Waals surface area (Å²) in [6.45, 7) is 5.45. The Morgan fingerprint density at radius 3 is 2.84 bits per heavy atom. The number of ether oxygens (including phenoxy) is 1. The van der Waals surface area contributed by atoms with E-state index in [0.717, 1.165) is 23.6 Å². The molecule has 2 aromatic heterocycles. The van der Waals surface area contributed by atoms with E-state index >= 15 is 0 Å². The number of nitrogens with one attached hydrogen (secondary N) is 2. The zero-order valence-corrected chi connectivity index (χ0v) is 17.8. The molecule has 0 aliphatic rings. The van der Waals surface area contributed by atoms with Crippen LogP contribution in [0.4, 0.5) is 8.78 Å². The minimum Gasteiger partial charge on any atom is -0.379 e. The number of likely N-dealkylation sites (N-methyl/N-ethyl adjacent to an activating group) is 1. The van der Waals surface area contributed by atoms with Gasteiger partial charge in [-0.15, -0.1) is 11.8 Å². The van der Waals surface area contributed by atoms with Crippen LogP contribution in [-0.2, 0) is 4.74 Å². The Balaban J connectivity index is 1.87. The average Bonchev–Trinajstić information content (AvgIpc) is 3.18. The third kappa shape index (κ3) is 5.43. The van der Waals surface area contributed by atoms with Crippen LogP contribution in [0, 0.1) is 11.6 Å². The quantitative estimate of drug-likeness (QED) is 0.265. The van der Waals surface area contributed by atoms with Crippen LogP contribution in [0.25, 0.3) is 15.9 Å². The van der Waals surface area contributed by atoms with Crippen molar-refractivity contribution in [3.05, 3.63) is 71.2 Å². The van der Waals surface area contributed by atoms with Crippen LogP contribution in [0.15, 0.2) is 47.9 Å². The molecule has 0 spiro atoms. The summed E-state index contributed by atoms with van der Waals surface area (Å²) < 4.78 is 33.8. The molecule has 162 valence electrons. The molecule has 0 radical (unpaired) electrons. The van der Waals surface area contributed by atoms with Gasteiger partial charge in [-0.05, 0) is 32.0 Å². The first kappa shape index (κ1) is 22.8. The van der Waals surface area contributed by atoms with Crippen LogP contribution >= 0.6 is 11.8 Å². The number of nitrogens with zero attached hydrogens (tertiary/aromatic N) is 2. The third-order valence-corrected chi connectivity index (χ3v) is 5.46. The van der Waals surface area contributed by atoms with Crippen molar-refractivity contribution in [3.8, 4) is 0 Å². The molecule has 0 aliphatic carbocycles. The standard InChI is InChI=1S/C22H22F2N4O2S/c1-25-6-7-30-8-9-31-19(13-26-2)14-10-15-16(12-28-22(15)27-11-14)21(29)20-17(23)4-3-5-18(20)24/h3-5,10-13,25H,2,6-9H2,1H3,(H,27,28)/b19-13-. The maximum Gasteiger partial charge on any atom is 0.201 e. The topological polar surface area (TPSA) is 79.4 Å². The summed E-state index contributed by atoms with van der Waals surface area (Å²) in [4.78, 5) is 24.7. The van der Waals surface area contributed by atoms with Gasteiger partial charge in [-0.2, -0.15) is 0 Å². The Morgan fingerprint density at radius 1 is 1.35 bits per heavy atom. The lowest BCUT2D eigenvalue weighted by atomic mass is 10.0. The fourth-order valence-electron chi connectivity index (χ4n) is 2.94. The number of fused-ring (bicyclic) bond motifs is 1. The van der Waals surface area contributed by atoms with Crippen LogP contribution in [-0.4, -0.2) is 55.0 Å². The van der Waals surface area contributed by atoms with Gasteiger partial charge in [-0.25, -0.2) is 13.8 Å². The van der Waals surface area contributed by atoms with Crippen molar-refractivity contribution in [3.63, 3.8) is 0 Å². The van der Waals surface area contributed by atoms with Gasteiger partial charge in [-0.1, -0.05) is 6.07 Å². The highest BCUT2D eigenvalue weighted by molar-refractivity contribution is 8.08. The summed E-state index contributed by atoms with van der Waals surface area (Å²) in [6, 6.07) is 5.08. The van der Waals surface area contributed by atoms with Gasteiger partial charge in [-0.3, -0.25) is 9.79 Å². The van der Waals surface area contributed by atoms with Gasteiger partial charge in [0.2, 0.25) is 5.78 Å². The molecule has 6 nitrogen and oxygen atoms in total. The SMILES string of the molecule is C=N/C=C(\SCCOCCNC)c1cnc2[nH]cc(C(=O)c3c(F)cccc3F)c2c1. The number of H-pyrrole nitrogens is 1. The van der Waals surface area contributed by atoms with Gasteiger partial charge in [0.15, 0.2) is 0 Å². The number of aromatic amines is 1. The van der Waals surface area contributed by atoms with Gasteiger partial charge in [0.25, 0.3) is 0 Å². The molecule has 0 saturated heterocycles. The second-order valence-corrected chi connectivity index (χ2v) is 7.63. The highest BCUT2D eigenvalue weighted by atomic mass is 32.2. The van der Waals surface area contributed by atoms with Gasteiger partial charge >= 0.3 is 0 Å². The summed E-state index contributed by atoms with van der Waals surface area (Å²) in [5.41, 5.74) is 0.697. The number of carbonyl (C=O) groups is 1. The zero-order chi connectivity index (χ0) is 22.2.